The summed E-state index contributed by atoms with van der Waals surface area (Å²) in [5, 5.41) is 6.51. The highest BCUT2D eigenvalue weighted by Gasteiger charge is 2.30. The first-order valence-corrected chi connectivity index (χ1v) is 8.33. The molecule has 0 aliphatic carbocycles. The van der Waals surface area contributed by atoms with E-state index in [1.165, 1.54) is 28.9 Å². The Labute approximate surface area is 154 Å². The maximum Gasteiger partial charge on any atom is 0.416 e. The van der Waals surface area contributed by atoms with Gasteiger partial charge in [0.2, 0.25) is 0 Å². The third-order valence-corrected chi connectivity index (χ3v) is 3.58. The van der Waals surface area contributed by atoms with E-state index >= 15 is 0 Å². The van der Waals surface area contributed by atoms with Crippen LogP contribution in [0.4, 0.5) is 13.2 Å². The van der Waals surface area contributed by atoms with Gasteiger partial charge in [0.25, 0.3) is 11.5 Å². The summed E-state index contributed by atoms with van der Waals surface area (Å²) in [5.74, 6) is 4.65. The summed E-state index contributed by atoms with van der Waals surface area (Å²) in [6.45, 7) is 2.33. The smallest absolute Gasteiger partial charge is 0.340 e. The van der Waals surface area contributed by atoms with E-state index in [4.69, 9.17) is 0 Å². The molecule has 0 aliphatic heterocycles. The summed E-state index contributed by atoms with van der Waals surface area (Å²) in [5.41, 5.74) is -0.793. The third-order valence-electron chi connectivity index (χ3n) is 3.58. The lowest BCUT2D eigenvalue weighted by atomic mass is 10.1. The van der Waals surface area contributed by atoms with Gasteiger partial charge in [0.05, 0.1) is 12.1 Å². The van der Waals surface area contributed by atoms with Gasteiger partial charge in [-0.1, -0.05) is 31.3 Å². The van der Waals surface area contributed by atoms with Gasteiger partial charge in [0.1, 0.15) is 5.69 Å². The van der Waals surface area contributed by atoms with Crippen LogP contribution in [0.25, 0.3) is 0 Å². The Hall–Kier alpha value is -3.08. The van der Waals surface area contributed by atoms with Gasteiger partial charge < -0.3 is 5.32 Å². The normalized spacial score (nSPS) is 10.8. The molecule has 0 unspecified atom stereocenters. The molecule has 0 saturated carbocycles. The predicted molar refractivity (Wildman–Crippen MR) is 94.1 cm³/mol. The fourth-order valence-electron chi connectivity index (χ4n) is 2.17. The number of hydrogen-bond acceptors (Lipinski definition) is 3. The number of rotatable bonds is 5. The van der Waals surface area contributed by atoms with Crippen molar-refractivity contribution >= 4 is 5.91 Å². The molecule has 0 atom stereocenters. The van der Waals surface area contributed by atoms with Gasteiger partial charge in [0.15, 0.2) is 0 Å². The Balaban J connectivity index is 1.99. The monoisotopic (exact) mass is 377 g/mol. The fourth-order valence-corrected chi connectivity index (χ4v) is 2.17. The van der Waals surface area contributed by atoms with Crippen LogP contribution in [0.3, 0.4) is 0 Å². The van der Waals surface area contributed by atoms with Crippen LogP contribution in [0.15, 0.2) is 41.2 Å². The van der Waals surface area contributed by atoms with Gasteiger partial charge in [-0.15, -0.1) is 0 Å². The van der Waals surface area contributed by atoms with Crippen molar-refractivity contribution in [3.05, 3.63) is 63.6 Å². The topological polar surface area (TPSA) is 64.0 Å². The summed E-state index contributed by atoms with van der Waals surface area (Å²) >= 11 is 0. The molecule has 8 heteroatoms. The minimum absolute atomic E-state index is 0.0646. The number of nitrogens with zero attached hydrogens (tertiary/aromatic N) is 2. The van der Waals surface area contributed by atoms with Gasteiger partial charge in [0, 0.05) is 18.2 Å². The minimum Gasteiger partial charge on any atom is -0.340 e. The van der Waals surface area contributed by atoms with E-state index in [1.807, 2.05) is 6.92 Å². The number of amides is 1. The van der Waals surface area contributed by atoms with Crippen molar-refractivity contribution in [1.29, 1.82) is 0 Å². The van der Waals surface area contributed by atoms with Crippen molar-refractivity contribution in [3.8, 4) is 11.8 Å². The van der Waals surface area contributed by atoms with E-state index in [2.05, 4.69) is 22.3 Å². The number of halogens is 3. The van der Waals surface area contributed by atoms with Crippen molar-refractivity contribution in [2.45, 2.75) is 32.5 Å². The molecule has 2 rings (SSSR count). The quantitative estimate of drug-likeness (QED) is 0.815. The molecule has 0 spiro atoms. The molecule has 1 N–H and O–H groups in total. The maximum atomic E-state index is 12.7. The van der Waals surface area contributed by atoms with Crippen LogP contribution in [-0.2, 0) is 12.7 Å². The zero-order chi connectivity index (χ0) is 19.9. The zero-order valence-electron chi connectivity index (χ0n) is 14.6. The number of alkyl halides is 3. The lowest BCUT2D eigenvalue weighted by Crippen LogP contribution is -2.29. The molecule has 1 aromatic heterocycles. The van der Waals surface area contributed by atoms with E-state index in [-0.39, 0.29) is 23.4 Å². The average Bonchev–Trinajstić information content (AvgIpc) is 2.64. The molecule has 142 valence electrons. The van der Waals surface area contributed by atoms with Crippen molar-refractivity contribution in [1.82, 2.24) is 15.1 Å². The van der Waals surface area contributed by atoms with Crippen molar-refractivity contribution < 1.29 is 18.0 Å². The molecule has 2 aromatic rings. The number of carbonyl (C=O) groups is 1. The standard InChI is InChI=1S/C19H18F3N3O2/c1-2-3-12-25-17(26)10-9-16(24-25)18(27)23-11-5-7-14-6-4-8-15(13-14)19(20,21)22/h4,6,8-10,13H,2-3,11-12H2,1H3,(H,23,27). The molecule has 0 bridgehead atoms. The van der Waals surface area contributed by atoms with E-state index in [9.17, 15) is 22.8 Å². The van der Waals surface area contributed by atoms with Gasteiger partial charge >= 0.3 is 6.18 Å². The first-order valence-electron chi connectivity index (χ1n) is 8.33. The number of aromatic nitrogens is 2. The van der Waals surface area contributed by atoms with E-state index in [0.717, 1.165) is 25.0 Å². The minimum atomic E-state index is -4.43. The molecule has 5 nitrogen and oxygen atoms in total. The van der Waals surface area contributed by atoms with Crippen LogP contribution in [-0.4, -0.2) is 22.2 Å². The van der Waals surface area contributed by atoms with Crippen molar-refractivity contribution in [2.75, 3.05) is 6.54 Å². The highest BCUT2D eigenvalue weighted by molar-refractivity contribution is 5.92. The Morgan fingerprint density at radius 3 is 2.74 bits per heavy atom. The van der Waals surface area contributed by atoms with Crippen LogP contribution in [0.2, 0.25) is 0 Å². The second-order valence-electron chi connectivity index (χ2n) is 5.70. The number of hydrogen-bond donors (Lipinski definition) is 1. The van der Waals surface area contributed by atoms with Crippen molar-refractivity contribution in [2.24, 2.45) is 0 Å². The highest BCUT2D eigenvalue weighted by Crippen LogP contribution is 2.29. The lowest BCUT2D eigenvalue weighted by Gasteiger charge is -2.06. The SMILES string of the molecule is CCCCn1nc(C(=O)NCC#Cc2cccc(C(F)(F)F)c2)ccc1=O. The van der Waals surface area contributed by atoms with Gasteiger partial charge in [-0.25, -0.2) is 4.68 Å². The molecule has 0 fully saturated rings. The molecule has 1 heterocycles. The van der Waals surface area contributed by atoms with Crippen LogP contribution >= 0.6 is 0 Å². The number of carbonyl (C=O) groups excluding carboxylic acids is 1. The number of unbranched alkanes of at least 4 members (excludes halogenated alkanes) is 1. The van der Waals surface area contributed by atoms with E-state index < -0.39 is 17.6 Å². The highest BCUT2D eigenvalue weighted by atomic mass is 19.4. The predicted octanol–water partition coefficient (Wildman–Crippen LogP) is 2.84. The van der Waals surface area contributed by atoms with Gasteiger partial charge in [-0.2, -0.15) is 18.3 Å². The molecule has 0 radical (unpaired) electrons. The van der Waals surface area contributed by atoms with Crippen LogP contribution in [0, 0.1) is 11.8 Å². The molecule has 27 heavy (non-hydrogen) atoms. The Morgan fingerprint density at radius 2 is 2.04 bits per heavy atom. The Kier molecular flexibility index (Phi) is 6.77. The summed E-state index contributed by atoms with van der Waals surface area (Å²) in [7, 11) is 0. The van der Waals surface area contributed by atoms with E-state index in [1.54, 1.807) is 0 Å². The Morgan fingerprint density at radius 1 is 1.26 bits per heavy atom. The summed E-state index contributed by atoms with van der Waals surface area (Å²) < 4.78 is 39.2. The second kappa shape index (κ2) is 9.03. The lowest BCUT2D eigenvalue weighted by molar-refractivity contribution is -0.137. The number of nitrogens with one attached hydrogen (secondary N) is 1. The molecule has 1 aromatic carbocycles. The molecule has 0 aliphatic rings. The van der Waals surface area contributed by atoms with Crippen LogP contribution < -0.4 is 10.9 Å². The number of benzene rings is 1. The fraction of sp³-hybridized carbons (Fsp3) is 0.316. The molecular formula is C19H18F3N3O2. The summed E-state index contributed by atoms with van der Waals surface area (Å²) in [6.07, 6.45) is -2.78. The van der Waals surface area contributed by atoms with E-state index in [0.29, 0.717) is 6.54 Å². The van der Waals surface area contributed by atoms with Crippen LogP contribution in [0.1, 0.15) is 41.4 Å². The zero-order valence-corrected chi connectivity index (χ0v) is 14.6. The molecule has 0 saturated heterocycles. The first kappa shape index (κ1) is 20.2. The second-order valence-corrected chi connectivity index (χ2v) is 5.70. The molecular weight excluding hydrogens is 359 g/mol. The maximum absolute atomic E-state index is 12.7. The Bertz CT molecular complexity index is 924. The van der Waals surface area contributed by atoms with Gasteiger partial charge in [-0.3, -0.25) is 9.59 Å². The van der Waals surface area contributed by atoms with Crippen LogP contribution in [0.5, 0.6) is 0 Å². The largest absolute Gasteiger partial charge is 0.416 e. The molecule has 1 amide bonds. The number of aryl methyl sites for hydroxylation is 1. The summed E-state index contributed by atoms with van der Waals surface area (Å²) in [6, 6.07) is 7.22. The first-order chi connectivity index (χ1) is 12.8. The third kappa shape index (κ3) is 5.99. The average molecular weight is 377 g/mol. The summed E-state index contributed by atoms with van der Waals surface area (Å²) in [4.78, 5) is 23.8. The van der Waals surface area contributed by atoms with Crippen molar-refractivity contribution in [3.63, 3.8) is 0 Å². The van der Waals surface area contributed by atoms with Gasteiger partial charge in [-0.05, 0) is 30.7 Å².